The number of benzene rings is 1. The lowest BCUT2D eigenvalue weighted by molar-refractivity contribution is -0.113. The average molecular weight is 356 g/mol. The summed E-state index contributed by atoms with van der Waals surface area (Å²) in [4.78, 5) is 11.9. The third kappa shape index (κ3) is 3.51. The third-order valence-corrected chi connectivity index (χ3v) is 4.33. The van der Waals surface area contributed by atoms with Crippen molar-refractivity contribution in [2.75, 3.05) is 16.8 Å². The van der Waals surface area contributed by atoms with Gasteiger partial charge in [0.2, 0.25) is 5.91 Å². The SMILES string of the molecule is Cc1nnc(SCC(=O)Nc2ccc(N)cc2Br)n1C. The molecule has 0 atom stereocenters. The molecule has 106 valence electrons. The van der Waals surface area contributed by atoms with Crippen molar-refractivity contribution in [1.82, 2.24) is 14.8 Å². The summed E-state index contributed by atoms with van der Waals surface area (Å²) in [5, 5.41) is 11.5. The van der Waals surface area contributed by atoms with E-state index in [2.05, 4.69) is 31.4 Å². The Morgan fingerprint density at radius 3 is 2.85 bits per heavy atom. The normalized spacial score (nSPS) is 10.6. The van der Waals surface area contributed by atoms with Crippen LogP contribution in [0.3, 0.4) is 0 Å². The maximum Gasteiger partial charge on any atom is 0.234 e. The standard InChI is InChI=1S/C12H14BrN5OS/c1-7-16-17-12(18(7)2)20-6-11(19)15-10-4-3-8(14)5-9(10)13/h3-5H,6,14H2,1-2H3,(H,15,19). The van der Waals surface area contributed by atoms with Gasteiger partial charge < -0.3 is 15.6 Å². The van der Waals surface area contributed by atoms with Crippen molar-refractivity contribution in [1.29, 1.82) is 0 Å². The average Bonchev–Trinajstić information content (AvgIpc) is 2.71. The Kier molecular flexibility index (Phi) is 4.66. The highest BCUT2D eigenvalue weighted by atomic mass is 79.9. The van der Waals surface area contributed by atoms with E-state index >= 15 is 0 Å². The fraction of sp³-hybridized carbons (Fsp3) is 0.250. The Balaban J connectivity index is 1.94. The van der Waals surface area contributed by atoms with Gasteiger partial charge in [-0.15, -0.1) is 10.2 Å². The van der Waals surface area contributed by atoms with Crippen molar-refractivity contribution >= 4 is 45.0 Å². The topological polar surface area (TPSA) is 85.8 Å². The molecule has 1 aromatic heterocycles. The molecule has 6 nitrogen and oxygen atoms in total. The van der Waals surface area contributed by atoms with Gasteiger partial charge in [-0.3, -0.25) is 4.79 Å². The molecule has 1 heterocycles. The molecule has 1 amide bonds. The van der Waals surface area contributed by atoms with E-state index in [0.29, 0.717) is 16.5 Å². The summed E-state index contributed by atoms with van der Waals surface area (Å²) < 4.78 is 2.60. The van der Waals surface area contributed by atoms with Crippen LogP contribution in [0.15, 0.2) is 27.8 Å². The van der Waals surface area contributed by atoms with E-state index in [-0.39, 0.29) is 11.7 Å². The van der Waals surface area contributed by atoms with Gasteiger partial charge in [-0.05, 0) is 41.1 Å². The van der Waals surface area contributed by atoms with E-state index in [1.165, 1.54) is 11.8 Å². The monoisotopic (exact) mass is 355 g/mol. The van der Waals surface area contributed by atoms with Gasteiger partial charge in [-0.25, -0.2) is 0 Å². The second kappa shape index (κ2) is 6.27. The van der Waals surface area contributed by atoms with Crippen molar-refractivity contribution in [3.8, 4) is 0 Å². The molecule has 0 aliphatic rings. The molecule has 0 saturated heterocycles. The molecule has 0 bridgehead atoms. The highest BCUT2D eigenvalue weighted by Gasteiger charge is 2.10. The summed E-state index contributed by atoms with van der Waals surface area (Å²) >= 11 is 4.70. The van der Waals surface area contributed by atoms with Gasteiger partial charge in [0.1, 0.15) is 5.82 Å². The molecule has 8 heteroatoms. The number of amides is 1. The summed E-state index contributed by atoms with van der Waals surface area (Å²) in [5.74, 6) is 0.971. The maximum atomic E-state index is 11.9. The van der Waals surface area contributed by atoms with Crippen LogP contribution in [0.4, 0.5) is 11.4 Å². The first kappa shape index (κ1) is 14.9. The lowest BCUT2D eigenvalue weighted by Crippen LogP contribution is -2.15. The number of carbonyl (C=O) groups excluding carboxylic acids is 1. The Bertz CT molecular complexity index is 643. The summed E-state index contributed by atoms with van der Waals surface area (Å²) in [6.45, 7) is 1.86. The number of carbonyl (C=O) groups is 1. The predicted octanol–water partition coefficient (Wildman–Crippen LogP) is 2.20. The largest absolute Gasteiger partial charge is 0.399 e. The number of nitrogens with two attached hydrogens (primary N) is 1. The number of nitrogens with zero attached hydrogens (tertiary/aromatic N) is 3. The summed E-state index contributed by atoms with van der Waals surface area (Å²) in [6.07, 6.45) is 0. The summed E-state index contributed by atoms with van der Waals surface area (Å²) in [7, 11) is 1.87. The number of rotatable bonds is 4. The van der Waals surface area contributed by atoms with Crippen LogP contribution < -0.4 is 11.1 Å². The summed E-state index contributed by atoms with van der Waals surface area (Å²) in [5.41, 5.74) is 6.98. The molecule has 0 fully saturated rings. The first-order chi connectivity index (χ1) is 9.47. The lowest BCUT2D eigenvalue weighted by atomic mass is 10.3. The minimum atomic E-state index is -0.110. The van der Waals surface area contributed by atoms with Crippen LogP contribution >= 0.6 is 27.7 Å². The second-order valence-corrected chi connectivity index (χ2v) is 5.96. The second-order valence-electron chi connectivity index (χ2n) is 4.16. The van der Waals surface area contributed by atoms with Gasteiger partial charge in [0.15, 0.2) is 5.16 Å². The highest BCUT2D eigenvalue weighted by Crippen LogP contribution is 2.25. The number of hydrogen-bond donors (Lipinski definition) is 2. The van der Waals surface area contributed by atoms with E-state index in [0.717, 1.165) is 10.3 Å². The van der Waals surface area contributed by atoms with Crippen molar-refractivity contribution in [2.24, 2.45) is 7.05 Å². The van der Waals surface area contributed by atoms with Crippen LogP contribution in [-0.2, 0) is 11.8 Å². The molecule has 0 saturated carbocycles. The van der Waals surface area contributed by atoms with Crippen molar-refractivity contribution < 1.29 is 4.79 Å². The number of anilines is 2. The molecular formula is C12H14BrN5OS. The van der Waals surface area contributed by atoms with Crippen LogP contribution in [0.2, 0.25) is 0 Å². The molecule has 2 rings (SSSR count). The van der Waals surface area contributed by atoms with Gasteiger partial charge in [0.05, 0.1) is 11.4 Å². The smallest absolute Gasteiger partial charge is 0.234 e. The van der Waals surface area contributed by atoms with E-state index in [4.69, 9.17) is 5.73 Å². The predicted molar refractivity (Wildman–Crippen MR) is 83.6 cm³/mol. The quantitative estimate of drug-likeness (QED) is 0.648. The molecule has 0 radical (unpaired) electrons. The van der Waals surface area contributed by atoms with Crippen molar-refractivity contribution in [3.05, 3.63) is 28.5 Å². The van der Waals surface area contributed by atoms with Crippen LogP contribution in [0, 0.1) is 6.92 Å². The number of aromatic nitrogens is 3. The van der Waals surface area contributed by atoms with E-state index in [1.54, 1.807) is 18.2 Å². The molecular weight excluding hydrogens is 342 g/mol. The lowest BCUT2D eigenvalue weighted by Gasteiger charge is -2.07. The number of hydrogen-bond acceptors (Lipinski definition) is 5. The fourth-order valence-electron chi connectivity index (χ4n) is 1.46. The van der Waals surface area contributed by atoms with Gasteiger partial charge in [0.25, 0.3) is 0 Å². The number of nitrogen functional groups attached to an aromatic ring is 1. The maximum absolute atomic E-state index is 11.9. The fourth-order valence-corrected chi connectivity index (χ4v) is 2.71. The molecule has 0 aliphatic heterocycles. The first-order valence-corrected chi connectivity index (χ1v) is 7.59. The van der Waals surface area contributed by atoms with E-state index < -0.39 is 0 Å². The van der Waals surface area contributed by atoms with E-state index in [1.807, 2.05) is 18.5 Å². The molecule has 0 unspecified atom stereocenters. The van der Waals surface area contributed by atoms with Crippen LogP contribution in [0.25, 0.3) is 0 Å². The van der Waals surface area contributed by atoms with Gasteiger partial charge in [0, 0.05) is 17.2 Å². The van der Waals surface area contributed by atoms with Crippen molar-refractivity contribution in [3.63, 3.8) is 0 Å². The zero-order chi connectivity index (χ0) is 14.7. The summed E-state index contributed by atoms with van der Waals surface area (Å²) in [6, 6.07) is 5.24. The zero-order valence-electron chi connectivity index (χ0n) is 11.1. The molecule has 0 spiro atoms. The highest BCUT2D eigenvalue weighted by molar-refractivity contribution is 9.10. The molecule has 3 N–H and O–H groups in total. The van der Waals surface area contributed by atoms with Crippen molar-refractivity contribution in [2.45, 2.75) is 12.1 Å². The number of halogens is 1. The third-order valence-electron chi connectivity index (χ3n) is 2.65. The Labute approximate surface area is 129 Å². The molecule has 0 aliphatic carbocycles. The van der Waals surface area contributed by atoms with Crippen LogP contribution in [0.1, 0.15) is 5.82 Å². The Morgan fingerprint density at radius 1 is 1.50 bits per heavy atom. The van der Waals surface area contributed by atoms with E-state index in [9.17, 15) is 4.79 Å². The van der Waals surface area contributed by atoms with Crippen LogP contribution in [-0.4, -0.2) is 26.4 Å². The van der Waals surface area contributed by atoms with Gasteiger partial charge in [-0.2, -0.15) is 0 Å². The van der Waals surface area contributed by atoms with Gasteiger partial charge in [-0.1, -0.05) is 11.8 Å². The molecule has 20 heavy (non-hydrogen) atoms. The number of nitrogens with one attached hydrogen (secondary N) is 1. The first-order valence-electron chi connectivity index (χ1n) is 5.81. The molecule has 2 aromatic rings. The molecule has 1 aromatic carbocycles. The number of thioether (sulfide) groups is 1. The number of aryl methyl sites for hydroxylation is 1. The van der Waals surface area contributed by atoms with Crippen LogP contribution in [0.5, 0.6) is 0 Å². The Morgan fingerprint density at radius 2 is 2.25 bits per heavy atom. The minimum Gasteiger partial charge on any atom is -0.399 e. The zero-order valence-corrected chi connectivity index (χ0v) is 13.5. The minimum absolute atomic E-state index is 0.110. The van der Waals surface area contributed by atoms with Gasteiger partial charge >= 0.3 is 0 Å². The Hall–Kier alpha value is -1.54.